The number of benzene rings is 2. The highest BCUT2D eigenvalue weighted by Crippen LogP contribution is 2.35. The molecule has 0 fully saturated rings. The monoisotopic (exact) mass is 738 g/mol. The van der Waals surface area contributed by atoms with Gasteiger partial charge in [0.2, 0.25) is 0 Å². The number of nitro groups is 2. The molecule has 35 heavy (non-hydrogen) atoms. The Morgan fingerprint density at radius 3 is 1.83 bits per heavy atom. The number of hydrogen-bond donors (Lipinski definition) is 1. The molecule has 0 aliphatic rings. The fourth-order valence-electron chi connectivity index (χ4n) is 3.14. The van der Waals surface area contributed by atoms with Crippen LogP contribution in [0, 0.1) is 20.2 Å². The Labute approximate surface area is 238 Å². The second-order valence-corrected chi connectivity index (χ2v) is 11.2. The Hall–Kier alpha value is -1.83. The van der Waals surface area contributed by atoms with Crippen LogP contribution >= 0.6 is 0 Å². The molecule has 2 aromatic carbocycles. The number of hydrogen-bond acceptors (Lipinski definition) is 8. The van der Waals surface area contributed by atoms with Crippen molar-refractivity contribution in [2.24, 2.45) is 0 Å². The van der Waals surface area contributed by atoms with E-state index in [2.05, 4.69) is 0 Å². The molecule has 15 heteroatoms. The van der Waals surface area contributed by atoms with Crippen molar-refractivity contribution in [1.29, 1.82) is 0 Å². The van der Waals surface area contributed by atoms with Gasteiger partial charge < -0.3 is 66.2 Å². The average Bonchev–Trinajstić information content (AvgIpc) is 2.62. The lowest BCUT2D eigenvalue weighted by molar-refractivity contribution is -0.884. The third-order valence-electron chi connectivity index (χ3n) is 4.37. The Balaban J connectivity index is 0.00000578. The highest BCUT2D eigenvalue weighted by atomic mass is 127. The van der Waals surface area contributed by atoms with Gasteiger partial charge in [0.1, 0.15) is 18.8 Å². The van der Waals surface area contributed by atoms with Gasteiger partial charge >= 0.3 is 10.1 Å². The number of halogens is 2. The van der Waals surface area contributed by atoms with Gasteiger partial charge in [-0.15, -0.1) is 0 Å². The smallest absolute Gasteiger partial charge is 0.346 e. The van der Waals surface area contributed by atoms with Crippen LogP contribution in [-0.2, 0) is 23.2 Å². The predicted octanol–water partition coefficient (Wildman–Crippen LogP) is -3.60. The summed E-state index contributed by atoms with van der Waals surface area (Å²) in [5.74, 6) is -0.116. The third-order valence-corrected chi connectivity index (χ3v) is 5.65. The van der Waals surface area contributed by atoms with Crippen LogP contribution in [0.1, 0.15) is 11.1 Å². The second-order valence-electron chi connectivity index (χ2n) is 9.69. The maximum absolute atomic E-state index is 13.0. The second kappa shape index (κ2) is 11.9. The molecule has 0 radical (unpaired) electrons. The maximum atomic E-state index is 13.0. The van der Waals surface area contributed by atoms with E-state index >= 15 is 0 Å². The molecule has 0 spiro atoms. The van der Waals surface area contributed by atoms with Crippen molar-refractivity contribution in [2.45, 2.75) is 18.0 Å². The van der Waals surface area contributed by atoms with E-state index in [9.17, 15) is 33.8 Å². The normalized spacial score (nSPS) is 11.7. The summed E-state index contributed by atoms with van der Waals surface area (Å²) < 4.78 is 32.2. The molecule has 0 bridgehead atoms. The van der Waals surface area contributed by atoms with E-state index in [0.717, 1.165) is 12.1 Å². The fourth-order valence-corrected chi connectivity index (χ4v) is 4.25. The van der Waals surface area contributed by atoms with Crippen LogP contribution in [0.3, 0.4) is 0 Å². The van der Waals surface area contributed by atoms with Crippen LogP contribution in [0.15, 0.2) is 35.2 Å². The Morgan fingerprint density at radius 2 is 1.37 bits per heavy atom. The Morgan fingerprint density at radius 1 is 0.857 bits per heavy atom. The van der Waals surface area contributed by atoms with E-state index in [0.29, 0.717) is 32.7 Å². The molecule has 0 aromatic heterocycles. The van der Waals surface area contributed by atoms with Crippen molar-refractivity contribution in [3.05, 3.63) is 61.7 Å². The summed E-state index contributed by atoms with van der Waals surface area (Å²) in [4.78, 5) is 19.7. The molecule has 0 saturated carbocycles. The minimum Gasteiger partial charge on any atom is -1.00 e. The van der Waals surface area contributed by atoms with Crippen molar-refractivity contribution in [2.75, 3.05) is 42.3 Å². The van der Waals surface area contributed by atoms with Crippen LogP contribution in [0.25, 0.3) is 0 Å². The highest BCUT2D eigenvalue weighted by molar-refractivity contribution is 7.87. The minimum absolute atomic E-state index is 0. The van der Waals surface area contributed by atoms with E-state index in [4.69, 9.17) is 4.18 Å². The van der Waals surface area contributed by atoms with Crippen LogP contribution in [0.2, 0.25) is 0 Å². The lowest BCUT2D eigenvalue weighted by atomic mass is 10.1. The molecule has 196 valence electrons. The van der Waals surface area contributed by atoms with E-state index in [1.807, 2.05) is 42.3 Å². The largest absolute Gasteiger partial charge is 1.00 e. The molecule has 2 rings (SSSR count). The Kier molecular flexibility index (Phi) is 11.3. The van der Waals surface area contributed by atoms with Gasteiger partial charge in [-0.05, 0) is 18.2 Å². The maximum Gasteiger partial charge on any atom is 0.346 e. The van der Waals surface area contributed by atoms with Gasteiger partial charge in [-0.2, -0.15) is 8.42 Å². The summed E-state index contributed by atoms with van der Waals surface area (Å²) in [5.41, 5.74) is -0.793. The summed E-state index contributed by atoms with van der Waals surface area (Å²) in [6.45, 7) is 0.635. The molecule has 0 amide bonds. The van der Waals surface area contributed by atoms with Crippen LogP contribution < -0.4 is 52.1 Å². The Bertz CT molecular complexity index is 1210. The molecule has 2 aromatic rings. The van der Waals surface area contributed by atoms with Crippen molar-refractivity contribution in [3.8, 4) is 11.5 Å². The molecule has 0 unspecified atom stereocenters. The zero-order valence-corrected chi connectivity index (χ0v) is 25.2. The molecular formula is C20H28I2N4O8S. The molecule has 1 N–H and O–H groups in total. The van der Waals surface area contributed by atoms with E-state index < -0.39 is 36.2 Å². The standard InChI is InChI=1S/C20H27N4O8S.2HI/c1-23(2,3)12-14-10-19(15(9-18(14)25)13-24(4,5)6)32-33(30,31)20-8-7-16(21(26)27)11-17(20)22(28)29;;/h7-11H,12-13H2,1-6H3;2*1H/q+1;;/p-1. The van der Waals surface area contributed by atoms with E-state index in [-0.39, 0.29) is 66.0 Å². The van der Waals surface area contributed by atoms with Gasteiger partial charge in [0, 0.05) is 6.07 Å². The summed E-state index contributed by atoms with van der Waals surface area (Å²) in [5, 5.41) is 32.9. The van der Waals surface area contributed by atoms with Gasteiger partial charge in [-0.1, -0.05) is 0 Å². The van der Waals surface area contributed by atoms with Gasteiger partial charge in [-0.25, -0.2) is 0 Å². The highest BCUT2D eigenvalue weighted by Gasteiger charge is 2.32. The van der Waals surface area contributed by atoms with Crippen molar-refractivity contribution >= 4 is 21.5 Å². The van der Waals surface area contributed by atoms with Crippen molar-refractivity contribution < 1.29 is 84.5 Å². The first-order valence-electron chi connectivity index (χ1n) is 9.72. The molecule has 0 atom stereocenters. The molecule has 0 aliphatic heterocycles. The SMILES string of the molecule is C[N+](C)(C)Cc1cc(OS(=O)(=O)c2ccc([N+](=O)[O-])cc2[N+](=O)[O-])c(C[N+](C)(C)C)cc1O.[I-].[I-]. The first-order chi connectivity index (χ1) is 14.9. The van der Waals surface area contributed by atoms with E-state index in [1.165, 1.54) is 12.1 Å². The van der Waals surface area contributed by atoms with Crippen molar-refractivity contribution in [3.63, 3.8) is 0 Å². The zero-order chi connectivity index (χ0) is 25.4. The number of non-ortho nitro benzene ring substituents is 1. The van der Waals surface area contributed by atoms with Crippen LogP contribution in [0.5, 0.6) is 11.5 Å². The summed E-state index contributed by atoms with van der Waals surface area (Å²) in [6.07, 6.45) is 0. The lowest BCUT2D eigenvalue weighted by Crippen LogP contribution is -3.00. The van der Waals surface area contributed by atoms with Crippen molar-refractivity contribution in [1.82, 2.24) is 0 Å². The molecule has 12 nitrogen and oxygen atoms in total. The van der Waals surface area contributed by atoms with Crippen LogP contribution in [0.4, 0.5) is 11.4 Å². The summed E-state index contributed by atoms with van der Waals surface area (Å²) in [6, 6.07) is 5.03. The molecule has 0 heterocycles. The quantitative estimate of drug-likeness (QED) is 0.0913. The summed E-state index contributed by atoms with van der Waals surface area (Å²) >= 11 is 0. The molecule has 0 saturated heterocycles. The first-order valence-corrected chi connectivity index (χ1v) is 11.1. The van der Waals surface area contributed by atoms with Gasteiger partial charge in [0.05, 0.1) is 69.3 Å². The summed E-state index contributed by atoms with van der Waals surface area (Å²) in [7, 11) is 6.49. The van der Waals surface area contributed by atoms with E-state index in [1.54, 1.807) is 0 Å². The van der Waals surface area contributed by atoms with Crippen LogP contribution in [-0.4, -0.2) is 74.6 Å². The number of phenols is 1. The number of nitro benzene ring substituents is 2. The average molecular weight is 738 g/mol. The zero-order valence-electron chi connectivity index (χ0n) is 20.1. The topological polar surface area (TPSA) is 150 Å². The predicted molar refractivity (Wildman–Crippen MR) is 119 cm³/mol. The van der Waals surface area contributed by atoms with Gasteiger partial charge in [0.15, 0.2) is 10.6 Å². The fraction of sp³-hybridized carbons (Fsp3) is 0.400. The number of rotatable bonds is 9. The van der Waals surface area contributed by atoms with Gasteiger partial charge in [0.25, 0.3) is 11.4 Å². The minimum atomic E-state index is -4.74. The molecule has 0 aliphatic carbocycles. The number of quaternary nitrogens is 2. The number of nitrogens with zero attached hydrogens (tertiary/aromatic N) is 4. The number of phenolic OH excluding ortho intramolecular Hbond substituents is 1. The first kappa shape index (κ1) is 33.2. The lowest BCUT2D eigenvalue weighted by Gasteiger charge is -2.27. The molecular weight excluding hydrogens is 710 g/mol. The third kappa shape index (κ3) is 9.28. The van der Waals surface area contributed by atoms with Gasteiger partial charge in [-0.3, -0.25) is 20.2 Å². The number of aromatic hydroxyl groups is 1.